The van der Waals surface area contributed by atoms with Gasteiger partial charge < -0.3 is 5.11 Å². The maximum absolute atomic E-state index is 10.2. The van der Waals surface area contributed by atoms with Gasteiger partial charge in [-0.2, -0.15) is 0 Å². The minimum Gasteiger partial charge on any atom is -0.388 e. The van der Waals surface area contributed by atoms with E-state index in [-0.39, 0.29) is 0 Å². The van der Waals surface area contributed by atoms with Crippen molar-refractivity contribution in [3.05, 3.63) is 70.8 Å². The molecule has 0 radical (unpaired) electrons. The lowest BCUT2D eigenvalue weighted by molar-refractivity contribution is 0.178. The second kappa shape index (κ2) is 5.15. The van der Waals surface area contributed by atoms with E-state index in [0.29, 0.717) is 6.42 Å². The third kappa shape index (κ3) is 3.18. The third-order valence-electron chi connectivity index (χ3n) is 2.89. The highest BCUT2D eigenvalue weighted by molar-refractivity contribution is 5.30. The molecule has 2 aromatic rings. The fourth-order valence-corrected chi connectivity index (χ4v) is 2.20. The molecule has 0 amide bonds. The molecule has 0 aliphatic rings. The van der Waals surface area contributed by atoms with E-state index in [1.165, 1.54) is 16.7 Å². The van der Waals surface area contributed by atoms with Crippen LogP contribution in [0.15, 0.2) is 48.5 Å². The predicted octanol–water partition coefficient (Wildman–Crippen LogP) is 3.58. The van der Waals surface area contributed by atoms with Crippen LogP contribution in [-0.4, -0.2) is 5.11 Å². The standard InChI is InChI=1S/C16H18O/c1-12-8-13(2)10-14(9-12)11-16(17)15-6-4-3-5-7-15/h3-10,16-17H,11H2,1-2H3. The Kier molecular flexibility index (Phi) is 3.60. The first kappa shape index (κ1) is 11.9. The number of aliphatic hydroxyl groups is 1. The summed E-state index contributed by atoms with van der Waals surface area (Å²) < 4.78 is 0. The molecule has 88 valence electrons. The summed E-state index contributed by atoms with van der Waals surface area (Å²) >= 11 is 0. The van der Waals surface area contributed by atoms with Crippen LogP contribution in [0.2, 0.25) is 0 Å². The van der Waals surface area contributed by atoms with Crippen LogP contribution in [0.3, 0.4) is 0 Å². The van der Waals surface area contributed by atoms with Gasteiger partial charge in [0.05, 0.1) is 6.10 Å². The summed E-state index contributed by atoms with van der Waals surface area (Å²) in [6.07, 6.45) is 0.254. The first-order chi connectivity index (χ1) is 8.15. The van der Waals surface area contributed by atoms with E-state index in [0.717, 1.165) is 5.56 Å². The highest BCUT2D eigenvalue weighted by Crippen LogP contribution is 2.19. The van der Waals surface area contributed by atoms with Crippen molar-refractivity contribution >= 4 is 0 Å². The van der Waals surface area contributed by atoms with Crippen molar-refractivity contribution in [3.63, 3.8) is 0 Å². The molecule has 0 saturated carbocycles. The van der Waals surface area contributed by atoms with E-state index in [9.17, 15) is 5.11 Å². The number of hydrogen-bond donors (Lipinski definition) is 1. The molecule has 0 heterocycles. The molecule has 1 atom stereocenters. The molecule has 2 aromatic carbocycles. The molecule has 0 spiro atoms. The maximum atomic E-state index is 10.2. The second-order valence-electron chi connectivity index (χ2n) is 4.63. The topological polar surface area (TPSA) is 20.2 Å². The SMILES string of the molecule is Cc1cc(C)cc(CC(O)c2ccccc2)c1. The molecule has 1 heteroatoms. The number of benzene rings is 2. The van der Waals surface area contributed by atoms with Crippen LogP contribution in [0.4, 0.5) is 0 Å². The number of rotatable bonds is 3. The predicted molar refractivity (Wildman–Crippen MR) is 71.0 cm³/mol. The zero-order valence-electron chi connectivity index (χ0n) is 10.4. The van der Waals surface area contributed by atoms with Gasteiger partial charge in [0, 0.05) is 6.42 Å². The van der Waals surface area contributed by atoms with Crippen LogP contribution >= 0.6 is 0 Å². The lowest BCUT2D eigenvalue weighted by Gasteiger charge is -2.12. The quantitative estimate of drug-likeness (QED) is 0.848. The largest absolute Gasteiger partial charge is 0.388 e. The van der Waals surface area contributed by atoms with E-state index in [1.54, 1.807) is 0 Å². The normalized spacial score (nSPS) is 12.4. The van der Waals surface area contributed by atoms with Crippen molar-refractivity contribution in [2.45, 2.75) is 26.4 Å². The molecule has 0 aliphatic carbocycles. The molecule has 2 rings (SSSR count). The Labute approximate surface area is 103 Å². The summed E-state index contributed by atoms with van der Waals surface area (Å²) in [4.78, 5) is 0. The van der Waals surface area contributed by atoms with Crippen molar-refractivity contribution in [1.29, 1.82) is 0 Å². The zero-order valence-corrected chi connectivity index (χ0v) is 10.4. The van der Waals surface area contributed by atoms with Crippen molar-refractivity contribution in [1.82, 2.24) is 0 Å². The Morgan fingerprint density at radius 1 is 0.941 bits per heavy atom. The molecule has 0 aliphatic heterocycles. The highest BCUT2D eigenvalue weighted by atomic mass is 16.3. The molecule has 1 nitrogen and oxygen atoms in total. The van der Waals surface area contributed by atoms with E-state index < -0.39 is 6.10 Å². The molecule has 0 fully saturated rings. The van der Waals surface area contributed by atoms with Crippen LogP contribution < -0.4 is 0 Å². The summed E-state index contributed by atoms with van der Waals surface area (Å²) in [5.74, 6) is 0. The Morgan fingerprint density at radius 2 is 1.53 bits per heavy atom. The zero-order chi connectivity index (χ0) is 12.3. The van der Waals surface area contributed by atoms with Crippen LogP contribution in [0.25, 0.3) is 0 Å². The first-order valence-electron chi connectivity index (χ1n) is 5.95. The van der Waals surface area contributed by atoms with Gasteiger partial charge in [0.25, 0.3) is 0 Å². The summed E-state index contributed by atoms with van der Waals surface area (Å²) in [6.45, 7) is 4.18. The Balaban J connectivity index is 2.16. The van der Waals surface area contributed by atoms with Gasteiger partial charge in [-0.1, -0.05) is 59.7 Å². The minimum absolute atomic E-state index is 0.419. The highest BCUT2D eigenvalue weighted by Gasteiger charge is 2.08. The van der Waals surface area contributed by atoms with Crippen molar-refractivity contribution in [2.75, 3.05) is 0 Å². The molecule has 1 unspecified atom stereocenters. The Bertz CT molecular complexity index is 468. The lowest BCUT2D eigenvalue weighted by Crippen LogP contribution is -2.02. The summed E-state index contributed by atoms with van der Waals surface area (Å²) in [5, 5.41) is 10.2. The smallest absolute Gasteiger partial charge is 0.0830 e. The van der Waals surface area contributed by atoms with Gasteiger partial charge in [-0.3, -0.25) is 0 Å². The average Bonchev–Trinajstić information content (AvgIpc) is 2.28. The van der Waals surface area contributed by atoms with E-state index in [4.69, 9.17) is 0 Å². The van der Waals surface area contributed by atoms with Gasteiger partial charge in [0.15, 0.2) is 0 Å². The maximum Gasteiger partial charge on any atom is 0.0830 e. The molecular weight excluding hydrogens is 208 g/mol. The summed E-state index contributed by atoms with van der Waals surface area (Å²) in [6, 6.07) is 16.2. The van der Waals surface area contributed by atoms with Gasteiger partial charge in [0.1, 0.15) is 0 Å². The van der Waals surface area contributed by atoms with E-state index in [2.05, 4.69) is 32.0 Å². The lowest BCUT2D eigenvalue weighted by atomic mass is 9.99. The monoisotopic (exact) mass is 226 g/mol. The molecular formula is C16H18O. The molecule has 1 N–H and O–H groups in total. The van der Waals surface area contributed by atoms with E-state index >= 15 is 0 Å². The van der Waals surface area contributed by atoms with Crippen molar-refractivity contribution in [3.8, 4) is 0 Å². The molecule has 0 saturated heterocycles. The fourth-order valence-electron chi connectivity index (χ4n) is 2.20. The Hall–Kier alpha value is -1.60. The van der Waals surface area contributed by atoms with Crippen LogP contribution in [0, 0.1) is 13.8 Å². The van der Waals surface area contributed by atoms with Crippen molar-refractivity contribution in [2.24, 2.45) is 0 Å². The molecule has 0 aromatic heterocycles. The fraction of sp³-hybridized carbons (Fsp3) is 0.250. The van der Waals surface area contributed by atoms with Gasteiger partial charge in [0.2, 0.25) is 0 Å². The summed E-state index contributed by atoms with van der Waals surface area (Å²) in [7, 11) is 0. The van der Waals surface area contributed by atoms with Gasteiger partial charge >= 0.3 is 0 Å². The second-order valence-corrected chi connectivity index (χ2v) is 4.63. The van der Waals surface area contributed by atoms with Gasteiger partial charge in [-0.05, 0) is 25.0 Å². The molecule has 17 heavy (non-hydrogen) atoms. The van der Waals surface area contributed by atoms with E-state index in [1.807, 2.05) is 30.3 Å². The van der Waals surface area contributed by atoms with Crippen LogP contribution in [0.1, 0.15) is 28.4 Å². The number of aliphatic hydroxyl groups excluding tert-OH is 1. The van der Waals surface area contributed by atoms with Gasteiger partial charge in [-0.15, -0.1) is 0 Å². The van der Waals surface area contributed by atoms with Crippen LogP contribution in [0.5, 0.6) is 0 Å². The number of aryl methyl sites for hydroxylation is 2. The molecule has 0 bridgehead atoms. The first-order valence-corrected chi connectivity index (χ1v) is 5.95. The number of hydrogen-bond acceptors (Lipinski definition) is 1. The van der Waals surface area contributed by atoms with Crippen molar-refractivity contribution < 1.29 is 5.11 Å². The third-order valence-corrected chi connectivity index (χ3v) is 2.89. The van der Waals surface area contributed by atoms with Gasteiger partial charge in [-0.25, -0.2) is 0 Å². The summed E-state index contributed by atoms with van der Waals surface area (Å²) in [5.41, 5.74) is 4.67. The Morgan fingerprint density at radius 3 is 2.12 bits per heavy atom. The van der Waals surface area contributed by atoms with Crippen LogP contribution in [-0.2, 0) is 6.42 Å². The average molecular weight is 226 g/mol. The minimum atomic E-state index is -0.419.